The van der Waals surface area contributed by atoms with Crippen LogP contribution in [0.4, 0.5) is 0 Å². The van der Waals surface area contributed by atoms with Crippen molar-refractivity contribution in [2.75, 3.05) is 0 Å². The van der Waals surface area contributed by atoms with Crippen molar-refractivity contribution in [2.24, 2.45) is 0 Å². The minimum atomic E-state index is -1.08. The van der Waals surface area contributed by atoms with E-state index in [9.17, 15) is 0 Å². The summed E-state index contributed by atoms with van der Waals surface area (Å²) in [6.45, 7) is 2.06. The van der Waals surface area contributed by atoms with Crippen LogP contribution in [0, 0.1) is 0 Å². The molecular weight excluding hydrogens is 193 g/mol. The SMILES string of the molecule is CC(=O)O.CC(=O)[O-].[Cl-].[Na+].[Na+]. The first-order valence-electron chi connectivity index (χ1n) is 1.84. The van der Waals surface area contributed by atoms with Crippen LogP contribution in [-0.2, 0) is 9.59 Å². The molecule has 0 aliphatic rings. The summed E-state index contributed by atoms with van der Waals surface area (Å²) in [7, 11) is 0. The van der Waals surface area contributed by atoms with Crippen molar-refractivity contribution < 1.29 is 91.3 Å². The van der Waals surface area contributed by atoms with E-state index in [1.165, 1.54) is 0 Å². The van der Waals surface area contributed by atoms with Crippen molar-refractivity contribution in [1.29, 1.82) is 0 Å². The molecule has 0 bridgehead atoms. The summed E-state index contributed by atoms with van der Waals surface area (Å²) < 4.78 is 0. The summed E-state index contributed by atoms with van der Waals surface area (Å²) in [6.07, 6.45) is 0. The van der Waals surface area contributed by atoms with Gasteiger partial charge in [-0.1, -0.05) is 0 Å². The molecule has 0 aliphatic heterocycles. The van der Waals surface area contributed by atoms with E-state index in [-0.39, 0.29) is 71.5 Å². The van der Waals surface area contributed by atoms with E-state index in [1.54, 1.807) is 0 Å². The van der Waals surface area contributed by atoms with Crippen LogP contribution < -0.4 is 76.6 Å². The Kier molecular flexibility index (Phi) is 60.3. The molecule has 0 radical (unpaired) electrons. The molecular formula is C4H7ClNa2O4. The van der Waals surface area contributed by atoms with Gasteiger partial charge in [-0.3, -0.25) is 4.79 Å². The van der Waals surface area contributed by atoms with Crippen LogP contribution in [0.5, 0.6) is 0 Å². The van der Waals surface area contributed by atoms with Crippen LogP contribution in [0.1, 0.15) is 13.8 Å². The first kappa shape index (κ1) is 29.5. The minimum absolute atomic E-state index is 0. The van der Waals surface area contributed by atoms with Gasteiger partial charge in [0.2, 0.25) is 0 Å². The molecule has 0 saturated heterocycles. The standard InChI is InChI=1S/2C2H4O2.ClH.2Na/c2*1-2(3)4;;;/h2*1H3,(H,3,4);1H;;/q;;;2*+1/p-2. The Hall–Kier alpha value is 1.23. The predicted molar refractivity (Wildman–Crippen MR) is 24.0 cm³/mol. The van der Waals surface area contributed by atoms with E-state index in [2.05, 4.69) is 0 Å². The molecule has 0 aromatic rings. The van der Waals surface area contributed by atoms with Crippen molar-refractivity contribution in [2.45, 2.75) is 13.8 Å². The number of hydrogen-bond acceptors (Lipinski definition) is 3. The third-order valence-corrected chi connectivity index (χ3v) is 0. The number of carboxylic acid groups (broad SMARTS) is 2. The number of hydrogen-bond donors (Lipinski definition) is 1. The Bertz CT molecular complexity index is 78.1. The van der Waals surface area contributed by atoms with E-state index < -0.39 is 11.9 Å². The van der Waals surface area contributed by atoms with Crippen molar-refractivity contribution >= 4 is 11.9 Å². The Morgan fingerprint density at radius 1 is 1.18 bits per heavy atom. The number of carboxylic acids is 2. The largest absolute Gasteiger partial charge is 1.00 e. The normalized spacial score (nSPS) is 4.55. The van der Waals surface area contributed by atoms with Crippen LogP contribution in [0.25, 0.3) is 0 Å². The summed E-state index contributed by atoms with van der Waals surface area (Å²) in [4.78, 5) is 17.9. The Morgan fingerprint density at radius 2 is 1.18 bits per heavy atom. The minimum Gasteiger partial charge on any atom is -1.00 e. The smallest absolute Gasteiger partial charge is 1.00 e. The van der Waals surface area contributed by atoms with E-state index in [0.29, 0.717) is 0 Å². The monoisotopic (exact) mass is 200 g/mol. The molecule has 56 valence electrons. The summed E-state index contributed by atoms with van der Waals surface area (Å²) in [5.74, 6) is -1.92. The fraction of sp³-hybridized carbons (Fsp3) is 0.500. The maximum atomic E-state index is 9.00. The van der Waals surface area contributed by atoms with Gasteiger partial charge in [-0.2, -0.15) is 0 Å². The van der Waals surface area contributed by atoms with E-state index in [1.807, 2.05) is 0 Å². The second-order valence-corrected chi connectivity index (χ2v) is 1.01. The summed E-state index contributed by atoms with van der Waals surface area (Å²) >= 11 is 0. The van der Waals surface area contributed by atoms with Crippen LogP contribution >= 0.6 is 0 Å². The average Bonchev–Trinajstić information content (AvgIpc) is 1.25. The molecule has 0 fully saturated rings. The average molecular weight is 201 g/mol. The Balaban J connectivity index is -0.0000000171. The van der Waals surface area contributed by atoms with Gasteiger partial charge in [-0.05, 0) is 6.92 Å². The van der Waals surface area contributed by atoms with E-state index in [4.69, 9.17) is 19.8 Å². The predicted octanol–water partition coefficient (Wildman–Crippen LogP) is -10.1. The molecule has 0 aliphatic carbocycles. The van der Waals surface area contributed by atoms with Gasteiger partial charge in [0.25, 0.3) is 5.97 Å². The first-order valence-corrected chi connectivity index (χ1v) is 1.84. The summed E-state index contributed by atoms with van der Waals surface area (Å²) in [6, 6.07) is 0. The maximum absolute atomic E-state index is 9.00. The fourth-order valence-corrected chi connectivity index (χ4v) is 0. The number of rotatable bonds is 0. The molecule has 0 heterocycles. The van der Waals surface area contributed by atoms with Gasteiger partial charge in [0.05, 0.1) is 0 Å². The molecule has 0 saturated carbocycles. The van der Waals surface area contributed by atoms with Gasteiger partial charge in [-0.25, -0.2) is 0 Å². The zero-order valence-electron chi connectivity index (χ0n) is 7.05. The molecule has 7 heteroatoms. The molecule has 11 heavy (non-hydrogen) atoms. The number of carbonyl (C=O) groups is 2. The van der Waals surface area contributed by atoms with Crippen LogP contribution in [-0.4, -0.2) is 17.0 Å². The topological polar surface area (TPSA) is 77.4 Å². The van der Waals surface area contributed by atoms with Crippen LogP contribution in [0.3, 0.4) is 0 Å². The molecule has 0 unspecified atom stereocenters. The molecule has 0 rings (SSSR count). The van der Waals surface area contributed by atoms with Crippen molar-refractivity contribution in [3.05, 3.63) is 0 Å². The van der Waals surface area contributed by atoms with Gasteiger partial charge >= 0.3 is 59.1 Å². The summed E-state index contributed by atoms with van der Waals surface area (Å²) in [5, 5.41) is 16.3. The second kappa shape index (κ2) is 22.5. The zero-order chi connectivity index (χ0) is 7.15. The van der Waals surface area contributed by atoms with Crippen LogP contribution in [0.15, 0.2) is 0 Å². The number of aliphatic carboxylic acids is 2. The third kappa shape index (κ3) is 632. The third-order valence-electron chi connectivity index (χ3n) is 0. The molecule has 4 nitrogen and oxygen atoms in total. The van der Waals surface area contributed by atoms with Crippen molar-refractivity contribution in [3.8, 4) is 0 Å². The molecule has 0 aromatic carbocycles. The van der Waals surface area contributed by atoms with Gasteiger partial charge in [0, 0.05) is 12.9 Å². The number of halogens is 1. The molecule has 0 aromatic heterocycles. The van der Waals surface area contributed by atoms with Gasteiger partial charge in [0.15, 0.2) is 0 Å². The van der Waals surface area contributed by atoms with Gasteiger partial charge in [0.1, 0.15) is 0 Å². The molecule has 0 amide bonds. The van der Waals surface area contributed by atoms with Gasteiger partial charge in [-0.15, -0.1) is 0 Å². The number of carbonyl (C=O) groups excluding carboxylic acids is 1. The van der Waals surface area contributed by atoms with Crippen LogP contribution in [0.2, 0.25) is 0 Å². The second-order valence-electron chi connectivity index (χ2n) is 1.01. The van der Waals surface area contributed by atoms with Gasteiger partial charge < -0.3 is 27.4 Å². The fourth-order valence-electron chi connectivity index (χ4n) is 0. The van der Waals surface area contributed by atoms with E-state index >= 15 is 0 Å². The van der Waals surface area contributed by atoms with Crippen molar-refractivity contribution in [1.82, 2.24) is 0 Å². The maximum Gasteiger partial charge on any atom is 1.00 e. The Labute approximate surface area is 116 Å². The molecule has 0 spiro atoms. The molecule has 1 N–H and O–H groups in total. The quantitative estimate of drug-likeness (QED) is 0.394. The zero-order valence-corrected chi connectivity index (χ0v) is 11.8. The van der Waals surface area contributed by atoms with E-state index in [0.717, 1.165) is 13.8 Å². The van der Waals surface area contributed by atoms with Crippen molar-refractivity contribution in [3.63, 3.8) is 0 Å². The first-order chi connectivity index (χ1) is 3.46. The summed E-state index contributed by atoms with van der Waals surface area (Å²) in [5.41, 5.74) is 0. The Morgan fingerprint density at radius 3 is 1.18 bits per heavy atom. The molecule has 0 atom stereocenters.